The molecule has 0 saturated carbocycles. The van der Waals surface area contributed by atoms with Crippen molar-refractivity contribution in [3.63, 3.8) is 0 Å². The van der Waals surface area contributed by atoms with Gasteiger partial charge in [0.15, 0.2) is 0 Å². The zero-order valence-electron chi connectivity index (χ0n) is 15.7. The number of hydrogen-bond donors (Lipinski definition) is 2. The quantitative estimate of drug-likeness (QED) is 0.683. The van der Waals surface area contributed by atoms with Crippen molar-refractivity contribution >= 4 is 34.6 Å². The Morgan fingerprint density at radius 3 is 2.54 bits per heavy atom. The molecule has 0 saturated heterocycles. The second-order valence-electron chi connectivity index (χ2n) is 7.66. The topological polar surface area (TPSA) is 64.2 Å². The maximum Gasteiger partial charge on any atom is 0.255 e. The molecule has 0 bridgehead atoms. The van der Waals surface area contributed by atoms with Crippen LogP contribution in [0.2, 0.25) is 5.02 Å². The molecule has 150 valence electrons. The van der Waals surface area contributed by atoms with E-state index in [1.54, 1.807) is 0 Å². The van der Waals surface area contributed by atoms with Crippen molar-refractivity contribution in [3.05, 3.63) is 63.7 Å². The van der Waals surface area contributed by atoms with Gasteiger partial charge in [0.05, 0.1) is 11.1 Å². The minimum absolute atomic E-state index is 0.101. The molecule has 0 heterocycles. The van der Waals surface area contributed by atoms with Gasteiger partial charge in [-0.05, 0) is 69.5 Å². The molecule has 1 aliphatic carbocycles. The van der Waals surface area contributed by atoms with E-state index >= 15 is 0 Å². The van der Waals surface area contributed by atoms with Gasteiger partial charge in [-0.1, -0.05) is 11.6 Å². The lowest BCUT2D eigenvalue weighted by Crippen LogP contribution is -2.41. The number of rotatable bonds is 4. The fourth-order valence-corrected chi connectivity index (χ4v) is 4.15. The zero-order valence-corrected chi connectivity index (χ0v) is 17.3. The molecule has 2 atom stereocenters. The van der Waals surface area contributed by atoms with Crippen LogP contribution in [0.4, 0.5) is 14.5 Å². The normalized spacial score (nSPS) is 17.3. The van der Waals surface area contributed by atoms with Crippen molar-refractivity contribution < 1.29 is 18.1 Å². The van der Waals surface area contributed by atoms with Crippen LogP contribution in [0.15, 0.2) is 30.3 Å². The van der Waals surface area contributed by atoms with Crippen molar-refractivity contribution in [1.29, 1.82) is 0 Å². The predicted molar refractivity (Wildman–Crippen MR) is 108 cm³/mol. The van der Waals surface area contributed by atoms with E-state index in [9.17, 15) is 18.1 Å². The summed E-state index contributed by atoms with van der Waals surface area (Å²) in [7, 11) is 0. The second-order valence-corrected chi connectivity index (χ2v) is 10.1. The van der Waals surface area contributed by atoms with Crippen molar-refractivity contribution in [2.45, 2.75) is 44.4 Å². The first-order valence-electron chi connectivity index (χ1n) is 8.83. The van der Waals surface area contributed by atoms with Crippen LogP contribution >= 0.6 is 11.6 Å². The Labute approximate surface area is 171 Å². The molecule has 2 aromatic rings. The van der Waals surface area contributed by atoms with Crippen molar-refractivity contribution in [2.75, 3.05) is 5.32 Å². The number of amides is 1. The highest BCUT2D eigenvalue weighted by atomic mass is 35.5. The molecule has 0 fully saturated rings. The van der Waals surface area contributed by atoms with E-state index in [2.05, 4.69) is 10.0 Å². The second kappa shape index (κ2) is 7.99. The van der Waals surface area contributed by atoms with Gasteiger partial charge in [-0.25, -0.2) is 8.78 Å². The minimum Gasteiger partial charge on any atom is -0.598 e. The monoisotopic (exact) mass is 426 g/mol. The Balaban J connectivity index is 1.86. The van der Waals surface area contributed by atoms with Crippen LogP contribution in [0.1, 0.15) is 54.7 Å². The lowest BCUT2D eigenvalue weighted by molar-refractivity contribution is 0.102. The highest BCUT2D eigenvalue weighted by Crippen LogP contribution is 2.37. The molecule has 3 rings (SSSR count). The average molecular weight is 427 g/mol. The van der Waals surface area contributed by atoms with E-state index < -0.39 is 39.7 Å². The van der Waals surface area contributed by atoms with Gasteiger partial charge in [0.1, 0.15) is 16.4 Å². The van der Waals surface area contributed by atoms with Crippen molar-refractivity contribution in [3.8, 4) is 0 Å². The molecule has 1 aliphatic rings. The first-order chi connectivity index (χ1) is 13.1. The molecular weight excluding hydrogens is 406 g/mol. The number of carbonyl (C=O) groups is 1. The average Bonchev–Trinajstić information content (AvgIpc) is 3.02. The molecule has 1 amide bonds. The van der Waals surface area contributed by atoms with E-state index in [0.29, 0.717) is 35.2 Å². The standard InChI is InChI=1S/C20H21ClF2N2O2S/c1-20(2,3)28(27)25-17-9-6-12-13(5-8-16(23)18(12)17)19(26)24-11-4-7-15(22)14(21)10-11/h4-5,7-8,10,17,25H,6,9H2,1-3H3,(H,24,26). The lowest BCUT2D eigenvalue weighted by atomic mass is 10.0. The molecule has 2 aromatic carbocycles. The third kappa shape index (κ3) is 4.33. The zero-order chi connectivity index (χ0) is 20.6. The number of carbonyl (C=O) groups excluding carboxylic acids is 1. The molecule has 0 spiro atoms. The number of nitrogens with one attached hydrogen (secondary N) is 2. The highest BCUT2D eigenvalue weighted by molar-refractivity contribution is 7.90. The fourth-order valence-electron chi connectivity index (χ4n) is 3.12. The molecule has 2 unspecified atom stereocenters. The molecular formula is C20H21ClF2N2O2S. The van der Waals surface area contributed by atoms with Crippen LogP contribution in [-0.4, -0.2) is 15.2 Å². The minimum atomic E-state index is -1.36. The van der Waals surface area contributed by atoms with E-state index in [1.807, 2.05) is 20.8 Å². The third-order valence-corrected chi connectivity index (χ3v) is 6.46. The summed E-state index contributed by atoms with van der Waals surface area (Å²) < 4.78 is 42.7. The van der Waals surface area contributed by atoms with Gasteiger partial charge >= 0.3 is 0 Å². The molecule has 4 nitrogen and oxygen atoms in total. The Kier molecular flexibility index (Phi) is 6.00. The van der Waals surface area contributed by atoms with Gasteiger partial charge in [0, 0.05) is 28.2 Å². The smallest absolute Gasteiger partial charge is 0.255 e. The summed E-state index contributed by atoms with van der Waals surface area (Å²) in [6.07, 6.45) is 1.03. The Morgan fingerprint density at radius 2 is 1.89 bits per heavy atom. The fraction of sp³-hybridized carbons (Fsp3) is 0.350. The van der Waals surface area contributed by atoms with E-state index in [4.69, 9.17) is 11.6 Å². The molecule has 0 radical (unpaired) electrons. The van der Waals surface area contributed by atoms with Gasteiger partial charge < -0.3 is 9.87 Å². The third-order valence-electron chi connectivity index (χ3n) is 4.56. The van der Waals surface area contributed by atoms with Gasteiger partial charge in [-0.3, -0.25) is 4.79 Å². The number of anilines is 1. The van der Waals surface area contributed by atoms with Crippen LogP contribution in [0.25, 0.3) is 0 Å². The summed E-state index contributed by atoms with van der Waals surface area (Å²) in [5.74, 6) is -1.45. The van der Waals surface area contributed by atoms with Crippen LogP contribution in [0.5, 0.6) is 0 Å². The lowest BCUT2D eigenvalue weighted by Gasteiger charge is -2.26. The summed E-state index contributed by atoms with van der Waals surface area (Å²) in [5.41, 5.74) is 1.65. The number of fused-ring (bicyclic) bond motifs is 1. The molecule has 8 heteroatoms. The first kappa shape index (κ1) is 21.0. The Bertz CT molecular complexity index is 918. The van der Waals surface area contributed by atoms with Crippen molar-refractivity contribution in [2.24, 2.45) is 0 Å². The summed E-state index contributed by atoms with van der Waals surface area (Å²) >= 11 is 4.39. The summed E-state index contributed by atoms with van der Waals surface area (Å²) in [6.45, 7) is 5.50. The van der Waals surface area contributed by atoms with E-state index in [1.165, 1.54) is 24.3 Å². The van der Waals surface area contributed by atoms with Gasteiger partial charge in [-0.15, -0.1) is 4.72 Å². The number of benzene rings is 2. The summed E-state index contributed by atoms with van der Waals surface area (Å²) in [6, 6.07) is 6.12. The summed E-state index contributed by atoms with van der Waals surface area (Å²) in [5, 5.41) is 2.56. The SMILES string of the molecule is CC(C)(C)[S+]([O-])NC1CCc2c(C(=O)Nc3ccc(F)c(Cl)c3)ccc(F)c21. The molecule has 2 N–H and O–H groups in total. The van der Waals surface area contributed by atoms with E-state index in [-0.39, 0.29) is 5.02 Å². The number of halogens is 3. The Hall–Kier alpha value is -1.67. The maximum absolute atomic E-state index is 14.5. The Morgan fingerprint density at radius 1 is 1.21 bits per heavy atom. The molecule has 0 aliphatic heterocycles. The van der Waals surface area contributed by atoms with Crippen molar-refractivity contribution in [1.82, 2.24) is 4.72 Å². The molecule has 0 aromatic heterocycles. The maximum atomic E-state index is 14.5. The van der Waals surface area contributed by atoms with E-state index in [0.717, 1.165) is 6.07 Å². The van der Waals surface area contributed by atoms with Crippen LogP contribution in [0.3, 0.4) is 0 Å². The van der Waals surface area contributed by atoms with Gasteiger partial charge in [0.2, 0.25) is 0 Å². The van der Waals surface area contributed by atoms with Crippen LogP contribution < -0.4 is 10.0 Å². The first-order valence-corrected chi connectivity index (χ1v) is 10.4. The van der Waals surface area contributed by atoms with Gasteiger partial charge in [0.25, 0.3) is 5.91 Å². The van der Waals surface area contributed by atoms with Gasteiger partial charge in [-0.2, -0.15) is 0 Å². The van der Waals surface area contributed by atoms with Crippen LogP contribution in [-0.2, 0) is 17.8 Å². The van der Waals surface area contributed by atoms with Crippen LogP contribution in [0, 0.1) is 11.6 Å². The predicted octanol–water partition coefficient (Wildman–Crippen LogP) is 4.91. The largest absolute Gasteiger partial charge is 0.598 e. The molecule has 28 heavy (non-hydrogen) atoms. The number of hydrogen-bond acceptors (Lipinski definition) is 3. The highest BCUT2D eigenvalue weighted by Gasteiger charge is 2.36. The summed E-state index contributed by atoms with van der Waals surface area (Å²) in [4.78, 5) is 12.7.